The Morgan fingerprint density at radius 1 is 1.04 bits per heavy atom. The summed E-state index contributed by atoms with van der Waals surface area (Å²) < 4.78 is 1.69. The Hall–Kier alpha value is -2.94. The third-order valence-electron chi connectivity index (χ3n) is 4.42. The smallest absolute Gasteiger partial charge is 0.288 e. The van der Waals surface area contributed by atoms with Crippen molar-refractivity contribution in [2.24, 2.45) is 0 Å². The maximum absolute atomic E-state index is 12.5. The van der Waals surface area contributed by atoms with Crippen molar-refractivity contribution in [2.45, 2.75) is 38.8 Å². The van der Waals surface area contributed by atoms with Crippen LogP contribution in [0.3, 0.4) is 0 Å². The van der Waals surface area contributed by atoms with Crippen molar-refractivity contribution in [2.75, 3.05) is 6.26 Å². The van der Waals surface area contributed by atoms with Gasteiger partial charge in [0, 0.05) is 24.0 Å². The molecule has 3 heterocycles. The van der Waals surface area contributed by atoms with E-state index < -0.39 is 5.91 Å². The van der Waals surface area contributed by atoms with Crippen LogP contribution in [0.15, 0.2) is 29.6 Å². The van der Waals surface area contributed by atoms with Gasteiger partial charge in [0.1, 0.15) is 11.3 Å². The number of hydrogen-bond acceptors (Lipinski definition) is 6. The van der Waals surface area contributed by atoms with Crippen LogP contribution in [-0.2, 0) is 11.2 Å². The highest BCUT2D eigenvalue weighted by molar-refractivity contribution is 7.98. The van der Waals surface area contributed by atoms with E-state index in [0.29, 0.717) is 23.5 Å². The molecule has 0 atom stereocenters. The van der Waals surface area contributed by atoms with Gasteiger partial charge >= 0.3 is 0 Å². The number of imidazole rings is 1. The molecule has 3 aromatic heterocycles. The molecule has 0 aliphatic rings. The maximum Gasteiger partial charge on any atom is 0.288 e. The molecular weight excluding hydrogens is 376 g/mol. The summed E-state index contributed by atoms with van der Waals surface area (Å²) in [5.41, 5.74) is 9.30. The summed E-state index contributed by atoms with van der Waals surface area (Å²) in [6.45, 7) is 5.58. The molecular formula is C19H22N6O2S. The fraction of sp³-hybridized carbons (Fsp3) is 0.316. The van der Waals surface area contributed by atoms with Gasteiger partial charge in [0.2, 0.25) is 5.91 Å². The lowest BCUT2D eigenvalue weighted by Crippen LogP contribution is -2.42. The molecule has 0 unspecified atom stereocenters. The lowest BCUT2D eigenvalue weighted by atomic mass is 10.1. The number of rotatable bonds is 5. The predicted molar refractivity (Wildman–Crippen MR) is 107 cm³/mol. The van der Waals surface area contributed by atoms with Crippen molar-refractivity contribution in [3.63, 3.8) is 0 Å². The molecule has 0 aliphatic carbocycles. The summed E-state index contributed by atoms with van der Waals surface area (Å²) in [5.74, 6) is -0.697. The number of amides is 2. The third-order valence-corrected chi connectivity index (χ3v) is 4.97. The highest BCUT2D eigenvalue weighted by Gasteiger charge is 2.17. The van der Waals surface area contributed by atoms with E-state index in [1.54, 1.807) is 17.5 Å². The summed E-state index contributed by atoms with van der Waals surface area (Å²) in [4.78, 5) is 37.9. The minimum Gasteiger partial charge on any atom is -0.295 e. The van der Waals surface area contributed by atoms with Crippen molar-refractivity contribution >= 4 is 29.2 Å². The molecule has 0 saturated heterocycles. The first kappa shape index (κ1) is 19.8. The van der Waals surface area contributed by atoms with Crippen LogP contribution in [0, 0.1) is 20.8 Å². The lowest BCUT2D eigenvalue weighted by molar-refractivity contribution is -0.121. The highest BCUT2D eigenvalue weighted by atomic mass is 32.2. The number of fused-ring (bicyclic) bond motifs is 1. The molecule has 8 nitrogen and oxygen atoms in total. The van der Waals surface area contributed by atoms with Crippen LogP contribution in [0.1, 0.15) is 39.6 Å². The van der Waals surface area contributed by atoms with Gasteiger partial charge in [-0.05, 0) is 51.1 Å². The number of nitrogens with one attached hydrogen (secondary N) is 2. The Morgan fingerprint density at radius 3 is 2.43 bits per heavy atom. The molecule has 146 valence electrons. The first-order chi connectivity index (χ1) is 13.4. The number of pyridine rings is 1. The largest absolute Gasteiger partial charge is 0.295 e. The van der Waals surface area contributed by atoms with Gasteiger partial charge in [-0.2, -0.15) is 0 Å². The van der Waals surface area contributed by atoms with Gasteiger partial charge in [0.05, 0.1) is 5.69 Å². The molecule has 0 aromatic carbocycles. The molecule has 3 rings (SSSR count). The van der Waals surface area contributed by atoms with E-state index in [1.165, 1.54) is 11.8 Å². The number of hydrogen-bond donors (Lipinski definition) is 2. The Balaban J connectivity index is 1.60. The monoisotopic (exact) mass is 398 g/mol. The zero-order valence-corrected chi connectivity index (χ0v) is 17.1. The Labute approximate surface area is 167 Å². The average molecular weight is 398 g/mol. The van der Waals surface area contributed by atoms with Gasteiger partial charge in [-0.25, -0.2) is 15.0 Å². The van der Waals surface area contributed by atoms with Crippen molar-refractivity contribution in [1.82, 2.24) is 30.2 Å². The number of carbonyl (C=O) groups is 2. The van der Waals surface area contributed by atoms with Gasteiger partial charge in [0.15, 0.2) is 5.16 Å². The topological polar surface area (TPSA) is 101 Å². The minimum absolute atomic E-state index is 0.218. The van der Waals surface area contributed by atoms with Crippen LogP contribution < -0.4 is 10.9 Å². The van der Waals surface area contributed by atoms with E-state index in [0.717, 1.165) is 22.1 Å². The van der Waals surface area contributed by atoms with E-state index in [4.69, 9.17) is 0 Å². The van der Waals surface area contributed by atoms with Crippen molar-refractivity contribution in [1.29, 1.82) is 0 Å². The number of aryl methyl sites for hydroxylation is 3. The van der Waals surface area contributed by atoms with Crippen LogP contribution in [0.25, 0.3) is 5.65 Å². The van der Waals surface area contributed by atoms with Gasteiger partial charge in [-0.1, -0.05) is 17.8 Å². The first-order valence-electron chi connectivity index (χ1n) is 8.81. The molecule has 0 saturated carbocycles. The summed E-state index contributed by atoms with van der Waals surface area (Å²) in [5, 5.41) is 0.721. The summed E-state index contributed by atoms with van der Waals surface area (Å²) >= 11 is 1.49. The Bertz CT molecular complexity index is 1020. The van der Waals surface area contributed by atoms with Gasteiger partial charge in [-0.3, -0.25) is 24.8 Å². The van der Waals surface area contributed by atoms with E-state index in [-0.39, 0.29) is 12.3 Å². The quantitative estimate of drug-likeness (QED) is 0.388. The molecule has 2 N–H and O–H groups in total. The standard InChI is InChI=1S/C19H22N6O2S/c1-11-14(12(2)22-19(21-11)28-4)8-9-16(26)23-24-18(27)17-13(3)20-15-7-5-6-10-25(15)17/h5-7,10H,8-9H2,1-4H3,(H,23,26)(H,24,27). The number of hydrazine groups is 1. The van der Waals surface area contributed by atoms with E-state index >= 15 is 0 Å². The van der Waals surface area contributed by atoms with Crippen LogP contribution in [0.2, 0.25) is 0 Å². The second-order valence-electron chi connectivity index (χ2n) is 6.34. The second kappa shape index (κ2) is 8.39. The first-order valence-corrected chi connectivity index (χ1v) is 10.0. The molecule has 0 aliphatic heterocycles. The third kappa shape index (κ3) is 4.14. The average Bonchev–Trinajstić information content (AvgIpc) is 3.01. The number of carbonyl (C=O) groups excluding carboxylic acids is 2. The molecule has 3 aromatic rings. The molecule has 2 amide bonds. The highest BCUT2D eigenvalue weighted by Crippen LogP contribution is 2.17. The maximum atomic E-state index is 12.5. The number of thioether (sulfide) groups is 1. The zero-order chi connectivity index (χ0) is 20.3. The molecule has 0 radical (unpaired) electrons. The van der Waals surface area contributed by atoms with E-state index in [9.17, 15) is 9.59 Å². The van der Waals surface area contributed by atoms with Gasteiger partial charge in [-0.15, -0.1) is 0 Å². The van der Waals surface area contributed by atoms with Crippen molar-refractivity contribution < 1.29 is 9.59 Å². The van der Waals surface area contributed by atoms with E-state index in [2.05, 4.69) is 25.8 Å². The summed E-state index contributed by atoms with van der Waals surface area (Å²) in [6.07, 6.45) is 4.41. The van der Waals surface area contributed by atoms with Crippen molar-refractivity contribution in [3.05, 3.63) is 52.7 Å². The van der Waals surface area contributed by atoms with Crippen molar-refractivity contribution in [3.8, 4) is 0 Å². The molecule has 0 bridgehead atoms. The number of nitrogens with zero attached hydrogens (tertiary/aromatic N) is 4. The molecule has 0 spiro atoms. The molecule has 0 fully saturated rings. The van der Waals surface area contributed by atoms with Crippen LogP contribution >= 0.6 is 11.8 Å². The fourth-order valence-electron chi connectivity index (χ4n) is 3.04. The summed E-state index contributed by atoms with van der Waals surface area (Å²) in [6, 6.07) is 5.49. The molecule has 28 heavy (non-hydrogen) atoms. The number of aromatic nitrogens is 4. The Morgan fingerprint density at radius 2 is 1.75 bits per heavy atom. The normalized spacial score (nSPS) is 10.9. The lowest BCUT2D eigenvalue weighted by Gasteiger charge is -2.11. The zero-order valence-electron chi connectivity index (χ0n) is 16.2. The molecule has 9 heteroatoms. The van der Waals surface area contributed by atoms with E-state index in [1.807, 2.05) is 38.3 Å². The minimum atomic E-state index is -0.412. The van der Waals surface area contributed by atoms with Crippen LogP contribution in [-0.4, -0.2) is 37.4 Å². The predicted octanol–water partition coefficient (Wildman–Crippen LogP) is 2.17. The second-order valence-corrected chi connectivity index (χ2v) is 7.11. The SMILES string of the molecule is CSc1nc(C)c(CCC(=O)NNC(=O)c2c(C)nc3ccccn23)c(C)n1. The van der Waals surface area contributed by atoms with Gasteiger partial charge in [0.25, 0.3) is 5.91 Å². The Kier molecular flexibility index (Phi) is 5.93. The van der Waals surface area contributed by atoms with Crippen LogP contribution in [0.4, 0.5) is 0 Å². The van der Waals surface area contributed by atoms with Crippen LogP contribution in [0.5, 0.6) is 0 Å². The fourth-order valence-corrected chi connectivity index (χ4v) is 3.49. The summed E-state index contributed by atoms with van der Waals surface area (Å²) in [7, 11) is 0. The van der Waals surface area contributed by atoms with Gasteiger partial charge < -0.3 is 0 Å².